The number of alkyl halides is 1. The molecule has 0 N–H and O–H groups in total. The highest BCUT2D eigenvalue weighted by molar-refractivity contribution is 6.20. The Bertz CT molecular complexity index is 96.6. The molecule has 0 fully saturated rings. The second-order valence-corrected chi connectivity index (χ2v) is 2.94. The van der Waals surface area contributed by atoms with Gasteiger partial charge in [0.05, 0.1) is 0 Å². The number of hydrogen-bond donors (Lipinski definition) is 0. The van der Waals surface area contributed by atoms with Crippen molar-refractivity contribution in [1.82, 2.24) is 0 Å². The van der Waals surface area contributed by atoms with E-state index in [1.807, 2.05) is 0 Å². The molecule has 0 aromatic heterocycles. The van der Waals surface area contributed by atoms with Gasteiger partial charge in [0.2, 0.25) is 0 Å². The van der Waals surface area contributed by atoms with E-state index in [1.165, 1.54) is 6.42 Å². The molecular weight excluding hydrogens is 120 g/mol. The molecule has 2 unspecified atom stereocenters. The van der Waals surface area contributed by atoms with Crippen LogP contribution < -0.4 is 0 Å². The van der Waals surface area contributed by atoms with Crippen LogP contribution >= 0.6 is 11.6 Å². The third-order valence-corrected chi connectivity index (χ3v) is 2.23. The van der Waals surface area contributed by atoms with Gasteiger partial charge in [-0.1, -0.05) is 19.1 Å². The fourth-order valence-electron chi connectivity index (χ4n) is 0.950. The van der Waals surface area contributed by atoms with Crippen molar-refractivity contribution < 1.29 is 0 Å². The monoisotopic (exact) mass is 130 g/mol. The lowest BCUT2D eigenvalue weighted by Crippen LogP contribution is -2.11. The van der Waals surface area contributed by atoms with Crippen LogP contribution in [0.3, 0.4) is 0 Å². The van der Waals surface area contributed by atoms with Crippen LogP contribution in [0.1, 0.15) is 19.8 Å². The van der Waals surface area contributed by atoms with E-state index in [0.29, 0.717) is 11.3 Å². The summed E-state index contributed by atoms with van der Waals surface area (Å²) in [6, 6.07) is 0. The first-order chi connectivity index (χ1) is 3.80. The molecule has 2 atom stereocenters. The Kier molecular flexibility index (Phi) is 1.95. The summed E-state index contributed by atoms with van der Waals surface area (Å²) in [5.74, 6) is 0.588. The van der Waals surface area contributed by atoms with Crippen molar-refractivity contribution in [3.63, 3.8) is 0 Å². The zero-order chi connectivity index (χ0) is 5.98. The summed E-state index contributed by atoms with van der Waals surface area (Å²) in [5.41, 5.74) is 0. The number of allylic oxidation sites excluding steroid dienone is 2. The molecule has 1 aliphatic carbocycles. The summed E-state index contributed by atoms with van der Waals surface area (Å²) in [5, 5.41) is 0.389. The lowest BCUT2D eigenvalue weighted by Gasteiger charge is -2.16. The fraction of sp³-hybridized carbons (Fsp3) is 0.714. The van der Waals surface area contributed by atoms with Crippen LogP contribution in [-0.4, -0.2) is 5.38 Å². The van der Waals surface area contributed by atoms with Crippen molar-refractivity contribution in [2.75, 3.05) is 0 Å². The summed E-state index contributed by atoms with van der Waals surface area (Å²) >= 11 is 5.92. The van der Waals surface area contributed by atoms with Gasteiger partial charge in [0.25, 0.3) is 0 Å². The van der Waals surface area contributed by atoms with Gasteiger partial charge in [0.15, 0.2) is 0 Å². The summed E-state index contributed by atoms with van der Waals surface area (Å²) in [4.78, 5) is 0. The summed E-state index contributed by atoms with van der Waals surface area (Å²) in [6.45, 7) is 2.16. The van der Waals surface area contributed by atoms with Crippen LogP contribution in [-0.2, 0) is 0 Å². The Hall–Kier alpha value is 0.0300. The van der Waals surface area contributed by atoms with Crippen LogP contribution in [0.5, 0.6) is 0 Å². The van der Waals surface area contributed by atoms with Gasteiger partial charge in [-0.25, -0.2) is 0 Å². The van der Waals surface area contributed by atoms with E-state index in [9.17, 15) is 0 Å². The molecule has 8 heavy (non-hydrogen) atoms. The normalized spacial score (nSPS) is 37.8. The number of rotatable bonds is 0. The van der Waals surface area contributed by atoms with Crippen LogP contribution in [0.15, 0.2) is 12.2 Å². The van der Waals surface area contributed by atoms with Crippen LogP contribution in [0.4, 0.5) is 0 Å². The average Bonchev–Trinajstić information content (AvgIpc) is 1.77. The van der Waals surface area contributed by atoms with Crippen LogP contribution in [0, 0.1) is 5.92 Å². The third kappa shape index (κ3) is 1.25. The molecule has 0 spiro atoms. The van der Waals surface area contributed by atoms with Gasteiger partial charge in [-0.2, -0.15) is 0 Å². The smallest absolute Gasteiger partial charge is 0.0399 e. The molecule has 0 aliphatic heterocycles. The van der Waals surface area contributed by atoms with Crippen LogP contribution in [0.2, 0.25) is 0 Å². The molecule has 0 amide bonds. The van der Waals surface area contributed by atoms with Gasteiger partial charge < -0.3 is 0 Å². The van der Waals surface area contributed by atoms with Crippen molar-refractivity contribution >= 4 is 11.6 Å². The van der Waals surface area contributed by atoms with Gasteiger partial charge in [0, 0.05) is 5.38 Å². The fourth-order valence-corrected chi connectivity index (χ4v) is 1.16. The number of halogens is 1. The van der Waals surface area contributed by atoms with Crippen molar-refractivity contribution in [2.24, 2.45) is 5.92 Å². The predicted octanol–water partition coefficient (Wildman–Crippen LogP) is 2.58. The second kappa shape index (κ2) is 2.54. The highest BCUT2D eigenvalue weighted by atomic mass is 35.5. The minimum Gasteiger partial charge on any atom is -0.122 e. The minimum atomic E-state index is 0.389. The van der Waals surface area contributed by atoms with E-state index in [1.54, 1.807) is 0 Å². The average molecular weight is 131 g/mol. The molecule has 0 heterocycles. The first-order valence-electron chi connectivity index (χ1n) is 3.11. The topological polar surface area (TPSA) is 0 Å². The van der Waals surface area contributed by atoms with Crippen molar-refractivity contribution in [3.05, 3.63) is 12.2 Å². The summed E-state index contributed by atoms with van der Waals surface area (Å²) < 4.78 is 0. The zero-order valence-corrected chi connectivity index (χ0v) is 5.86. The van der Waals surface area contributed by atoms with Gasteiger partial charge in [-0.05, 0) is 18.8 Å². The Morgan fingerprint density at radius 1 is 1.62 bits per heavy atom. The Morgan fingerprint density at radius 2 is 2.38 bits per heavy atom. The molecule has 0 aromatic rings. The molecule has 0 bridgehead atoms. The molecule has 0 radical (unpaired) electrons. The van der Waals surface area contributed by atoms with Gasteiger partial charge >= 0.3 is 0 Å². The van der Waals surface area contributed by atoms with Gasteiger partial charge in [-0.3, -0.25) is 0 Å². The maximum atomic E-state index is 5.92. The van der Waals surface area contributed by atoms with Crippen molar-refractivity contribution in [3.8, 4) is 0 Å². The van der Waals surface area contributed by atoms with Crippen molar-refractivity contribution in [2.45, 2.75) is 25.1 Å². The summed E-state index contributed by atoms with van der Waals surface area (Å²) in [6.07, 6.45) is 6.72. The first kappa shape index (κ1) is 6.15. The maximum absolute atomic E-state index is 5.92. The van der Waals surface area contributed by atoms with E-state index in [4.69, 9.17) is 11.6 Å². The van der Waals surface area contributed by atoms with Gasteiger partial charge in [0.1, 0.15) is 0 Å². The van der Waals surface area contributed by atoms with Gasteiger partial charge in [-0.15, -0.1) is 11.6 Å². The maximum Gasteiger partial charge on any atom is 0.0399 e. The predicted molar refractivity (Wildman–Crippen MR) is 37.2 cm³/mol. The van der Waals surface area contributed by atoms with E-state index in [-0.39, 0.29) is 0 Å². The zero-order valence-electron chi connectivity index (χ0n) is 5.10. The molecule has 0 aromatic carbocycles. The van der Waals surface area contributed by atoms with Crippen molar-refractivity contribution in [1.29, 1.82) is 0 Å². The molecule has 1 rings (SSSR count). The minimum absolute atomic E-state index is 0.389. The molecular formula is C7H11Cl. The Morgan fingerprint density at radius 3 is 2.75 bits per heavy atom. The quantitative estimate of drug-likeness (QED) is 0.349. The molecule has 1 aliphatic rings. The standard InChI is InChI=1S/C7H11Cl/c1-6-4-2-3-5-7(6)8/h2,4,6-7H,3,5H2,1H3. The van der Waals surface area contributed by atoms with E-state index >= 15 is 0 Å². The largest absolute Gasteiger partial charge is 0.122 e. The Labute approximate surface area is 55.5 Å². The lowest BCUT2D eigenvalue weighted by molar-refractivity contribution is 0.594. The van der Waals surface area contributed by atoms with Crippen LogP contribution in [0.25, 0.3) is 0 Å². The number of hydrogen-bond acceptors (Lipinski definition) is 0. The molecule has 0 saturated heterocycles. The SMILES string of the molecule is CC1C=CCCC1Cl. The summed E-state index contributed by atoms with van der Waals surface area (Å²) in [7, 11) is 0. The molecule has 0 saturated carbocycles. The first-order valence-corrected chi connectivity index (χ1v) is 3.55. The Balaban J connectivity index is 2.47. The van der Waals surface area contributed by atoms with E-state index < -0.39 is 0 Å². The van der Waals surface area contributed by atoms with E-state index in [0.717, 1.165) is 6.42 Å². The van der Waals surface area contributed by atoms with E-state index in [2.05, 4.69) is 19.1 Å². The highest BCUT2D eigenvalue weighted by Crippen LogP contribution is 2.21. The molecule has 1 heteroatoms. The molecule has 46 valence electrons. The lowest BCUT2D eigenvalue weighted by atomic mass is 9.97. The third-order valence-electron chi connectivity index (χ3n) is 1.62. The highest BCUT2D eigenvalue weighted by Gasteiger charge is 2.12. The molecule has 0 nitrogen and oxygen atoms in total. The second-order valence-electron chi connectivity index (χ2n) is 2.38.